The van der Waals surface area contributed by atoms with Crippen LogP contribution in [0, 0.1) is 5.92 Å². The van der Waals surface area contributed by atoms with Crippen molar-refractivity contribution in [2.24, 2.45) is 5.92 Å². The van der Waals surface area contributed by atoms with E-state index in [1.165, 1.54) is 16.7 Å². The average molecular weight is 467 g/mol. The number of benzene rings is 1. The maximum atomic E-state index is 2.53. The van der Waals surface area contributed by atoms with Crippen LogP contribution in [0.25, 0.3) is 6.08 Å². The van der Waals surface area contributed by atoms with Crippen LogP contribution in [0.15, 0.2) is 77.6 Å². The van der Waals surface area contributed by atoms with Crippen molar-refractivity contribution in [3.8, 4) is 0 Å². The van der Waals surface area contributed by atoms with Gasteiger partial charge in [0.1, 0.15) is 0 Å². The van der Waals surface area contributed by atoms with Gasteiger partial charge in [0.25, 0.3) is 0 Å². The van der Waals surface area contributed by atoms with E-state index < -0.39 is 8.07 Å². The third-order valence-electron chi connectivity index (χ3n) is 5.17. The fourth-order valence-electron chi connectivity index (χ4n) is 3.96. The fourth-order valence-corrected chi connectivity index (χ4v) is 7.52. The molecule has 0 saturated heterocycles. The number of rotatable bonds is 2. The van der Waals surface area contributed by atoms with Crippen LogP contribution in [0.1, 0.15) is 16.7 Å². The van der Waals surface area contributed by atoms with E-state index in [4.69, 9.17) is 0 Å². The van der Waals surface area contributed by atoms with E-state index in [-0.39, 0.29) is 25.8 Å². The Labute approximate surface area is 152 Å². The molecule has 0 amide bonds. The van der Waals surface area contributed by atoms with Crippen molar-refractivity contribution in [2.75, 3.05) is 0 Å². The van der Waals surface area contributed by atoms with Gasteiger partial charge in [-0.05, 0) is 16.7 Å². The Morgan fingerprint density at radius 2 is 1.73 bits per heavy atom. The third kappa shape index (κ3) is 2.37. The Morgan fingerprint density at radius 1 is 0.909 bits per heavy atom. The van der Waals surface area contributed by atoms with Crippen molar-refractivity contribution in [1.29, 1.82) is 0 Å². The molecule has 2 atom stereocenters. The molecule has 0 fully saturated rings. The summed E-state index contributed by atoms with van der Waals surface area (Å²) in [6.07, 6.45) is 18.5. The van der Waals surface area contributed by atoms with Crippen LogP contribution in [0.3, 0.4) is 0 Å². The van der Waals surface area contributed by atoms with Crippen molar-refractivity contribution >= 4 is 14.1 Å². The van der Waals surface area contributed by atoms with E-state index in [0.717, 1.165) is 0 Å². The Hall–Kier alpha value is -0.993. The molecular weight excluding hydrogens is 447 g/mol. The minimum atomic E-state index is -1.56. The monoisotopic (exact) mass is 468 g/mol. The summed E-state index contributed by atoms with van der Waals surface area (Å²) in [7, 11) is -1.56. The summed E-state index contributed by atoms with van der Waals surface area (Å²) >= 11 is 0. The Bertz CT molecular complexity index is 747. The minimum absolute atomic E-state index is 0. The maximum absolute atomic E-state index is 2.53. The van der Waals surface area contributed by atoms with Gasteiger partial charge in [0.2, 0.25) is 0 Å². The molecule has 3 aliphatic carbocycles. The van der Waals surface area contributed by atoms with Gasteiger partial charge in [-0.2, -0.15) is 0 Å². The zero-order valence-electron chi connectivity index (χ0n) is 13.1. The van der Waals surface area contributed by atoms with Gasteiger partial charge >= 0.3 is 0 Å². The predicted molar refractivity (Wildman–Crippen MR) is 93.6 cm³/mol. The van der Waals surface area contributed by atoms with Gasteiger partial charge in [-0.3, -0.25) is 0 Å². The van der Waals surface area contributed by atoms with Crippen LogP contribution in [0.4, 0.5) is 0 Å². The average Bonchev–Trinajstić information content (AvgIpc) is 3.12. The summed E-state index contributed by atoms with van der Waals surface area (Å²) in [6.45, 7) is 5.05. The molecule has 108 valence electrons. The predicted octanol–water partition coefficient (Wildman–Crippen LogP) is 5.19. The zero-order chi connectivity index (χ0) is 14.4. The van der Waals surface area contributed by atoms with Gasteiger partial charge < -0.3 is 0 Å². The molecule has 0 aromatic heterocycles. The minimum Gasteiger partial charge on any atom is -0.0788 e. The smallest absolute Gasteiger partial charge is 0.0788 e. The van der Waals surface area contributed by atoms with Crippen molar-refractivity contribution in [1.82, 2.24) is 0 Å². The molecule has 0 saturated carbocycles. The van der Waals surface area contributed by atoms with E-state index in [1.807, 2.05) is 0 Å². The van der Waals surface area contributed by atoms with Gasteiger partial charge in [-0.1, -0.05) is 91.2 Å². The summed E-state index contributed by atoms with van der Waals surface area (Å²) in [5.41, 5.74) is 5.00. The Morgan fingerprint density at radius 3 is 2.59 bits per heavy atom. The second kappa shape index (κ2) is 5.90. The van der Waals surface area contributed by atoms with Crippen LogP contribution < -0.4 is 0 Å². The van der Waals surface area contributed by atoms with Crippen molar-refractivity contribution < 1.29 is 25.8 Å². The second-order valence-electron chi connectivity index (χ2n) is 6.70. The van der Waals surface area contributed by atoms with E-state index in [1.54, 1.807) is 5.20 Å². The maximum Gasteiger partial charge on any atom is 0.0881 e. The van der Waals surface area contributed by atoms with Gasteiger partial charge in [-0.25, -0.2) is 0 Å². The molecule has 2 heteroatoms. The molecule has 1 aromatic carbocycles. The Kier molecular flexibility index (Phi) is 4.26. The molecule has 2 unspecified atom stereocenters. The first kappa shape index (κ1) is 15.9. The van der Waals surface area contributed by atoms with Crippen LogP contribution in [0.2, 0.25) is 13.1 Å². The van der Waals surface area contributed by atoms with Gasteiger partial charge in [-0.15, -0.1) is 0 Å². The topological polar surface area (TPSA) is 0 Å². The van der Waals surface area contributed by atoms with E-state index >= 15 is 0 Å². The number of hydrogen-bond donors (Lipinski definition) is 0. The number of fused-ring (bicyclic) bond motifs is 2. The fraction of sp³-hybridized carbons (Fsp3) is 0.200. The Balaban J connectivity index is 0.00000144. The van der Waals surface area contributed by atoms with Crippen molar-refractivity contribution in [3.05, 3.63) is 88.7 Å². The van der Waals surface area contributed by atoms with Gasteiger partial charge in [0.15, 0.2) is 0 Å². The molecule has 0 aliphatic heterocycles. The summed E-state index contributed by atoms with van der Waals surface area (Å²) in [4.78, 5) is 0. The first-order chi connectivity index (χ1) is 10.2. The molecule has 4 rings (SSSR count). The SMILES string of the molecule is C[Si](C)(C1=CC=C2C=CC=CC21)C1C=Cc2ccccc21.[Hf]. The summed E-state index contributed by atoms with van der Waals surface area (Å²) in [5.74, 6) is 0.526. The molecule has 22 heavy (non-hydrogen) atoms. The molecule has 0 nitrogen and oxygen atoms in total. The molecule has 0 radical (unpaired) electrons. The van der Waals surface area contributed by atoms with Crippen LogP contribution in [-0.4, -0.2) is 8.07 Å². The normalized spacial score (nSPS) is 24.5. The molecule has 3 aliphatic rings. The standard InChI is InChI=1S/C20H20Si.Hf/c1-21(2,19-13-11-15-7-3-5-9-17(15)19)20-14-12-16-8-4-6-10-18(16)20;/h3-14,17,20H,1-2H3;. The molecule has 0 N–H and O–H groups in total. The first-order valence-electron chi connectivity index (χ1n) is 7.72. The number of hydrogen-bond acceptors (Lipinski definition) is 0. The van der Waals surface area contributed by atoms with Crippen molar-refractivity contribution in [3.63, 3.8) is 0 Å². The van der Waals surface area contributed by atoms with Crippen molar-refractivity contribution in [2.45, 2.75) is 18.6 Å². The van der Waals surface area contributed by atoms with Gasteiger partial charge in [0.05, 0.1) is 8.07 Å². The third-order valence-corrected chi connectivity index (χ3v) is 9.20. The van der Waals surface area contributed by atoms with E-state index in [9.17, 15) is 0 Å². The molecule has 0 bridgehead atoms. The van der Waals surface area contributed by atoms with E-state index in [0.29, 0.717) is 11.5 Å². The van der Waals surface area contributed by atoms with Crippen LogP contribution in [0.5, 0.6) is 0 Å². The van der Waals surface area contributed by atoms with E-state index in [2.05, 4.69) is 86.0 Å². The first-order valence-corrected chi connectivity index (χ1v) is 10.8. The summed E-state index contributed by atoms with van der Waals surface area (Å²) < 4.78 is 0. The second-order valence-corrected chi connectivity index (χ2v) is 11.3. The molecule has 0 spiro atoms. The zero-order valence-corrected chi connectivity index (χ0v) is 17.7. The molecule has 1 aromatic rings. The molecular formula is C20H20HfSi. The quantitative estimate of drug-likeness (QED) is 0.526. The largest absolute Gasteiger partial charge is 0.0881 e. The van der Waals surface area contributed by atoms with Crippen LogP contribution >= 0.6 is 0 Å². The van der Waals surface area contributed by atoms with Crippen LogP contribution in [-0.2, 0) is 25.8 Å². The molecule has 0 heterocycles. The summed E-state index contributed by atoms with van der Waals surface area (Å²) in [5, 5.41) is 1.67. The summed E-state index contributed by atoms with van der Waals surface area (Å²) in [6, 6.07) is 8.88. The van der Waals surface area contributed by atoms with Gasteiger partial charge in [0, 0.05) is 37.3 Å². The number of allylic oxidation sites excluding steroid dienone is 9.